The number of hydrogen-bond acceptors (Lipinski definition) is 3. The van der Waals surface area contributed by atoms with Crippen molar-refractivity contribution in [3.05, 3.63) is 71.8 Å². The summed E-state index contributed by atoms with van der Waals surface area (Å²) in [5.74, 6) is -0.271. The van der Waals surface area contributed by atoms with Crippen LogP contribution in [0.3, 0.4) is 0 Å². The van der Waals surface area contributed by atoms with Gasteiger partial charge in [-0.2, -0.15) is 0 Å². The summed E-state index contributed by atoms with van der Waals surface area (Å²) in [7, 11) is 1.68. The van der Waals surface area contributed by atoms with Crippen molar-refractivity contribution >= 4 is 5.78 Å². The maximum Gasteiger partial charge on any atom is 0.195 e. The number of aliphatic hydroxyl groups is 1. The second-order valence-corrected chi connectivity index (χ2v) is 4.12. The third kappa shape index (κ3) is 4.96. The maximum atomic E-state index is 11.9. The lowest BCUT2D eigenvalue weighted by atomic mass is 10.0. The molecule has 1 atom stereocenters. The van der Waals surface area contributed by atoms with Gasteiger partial charge >= 0.3 is 0 Å². The lowest BCUT2D eigenvalue weighted by Crippen LogP contribution is -2.11. The van der Waals surface area contributed by atoms with Gasteiger partial charge in [-0.05, 0) is 12.5 Å². The predicted molar refractivity (Wildman–Crippen MR) is 79.7 cm³/mol. The number of methoxy groups -OCH3 is 1. The molecule has 0 fully saturated rings. The molecule has 0 saturated carbocycles. The van der Waals surface area contributed by atoms with Crippen molar-refractivity contribution in [2.75, 3.05) is 13.7 Å². The molecule has 20 heavy (non-hydrogen) atoms. The molecule has 0 aromatic heterocycles. The molecule has 1 N–H and O–H groups in total. The van der Waals surface area contributed by atoms with Gasteiger partial charge in [0.2, 0.25) is 0 Å². The summed E-state index contributed by atoms with van der Waals surface area (Å²) in [6.07, 6.45) is -1.08. The Morgan fingerprint density at radius 3 is 1.95 bits per heavy atom. The number of Topliss-reactive ketones (excluding diaryl/α,β-unsaturated/α-hetero) is 1. The van der Waals surface area contributed by atoms with E-state index < -0.39 is 6.10 Å². The van der Waals surface area contributed by atoms with E-state index in [-0.39, 0.29) is 5.78 Å². The van der Waals surface area contributed by atoms with Crippen LogP contribution in [0.2, 0.25) is 0 Å². The molecule has 0 aliphatic carbocycles. The predicted octanol–water partition coefficient (Wildman–Crippen LogP) is 3.26. The highest BCUT2D eigenvalue weighted by molar-refractivity contribution is 5.99. The Labute approximate surface area is 119 Å². The summed E-state index contributed by atoms with van der Waals surface area (Å²) in [5.41, 5.74) is 1.15. The summed E-state index contributed by atoms with van der Waals surface area (Å²) >= 11 is 0. The van der Waals surface area contributed by atoms with E-state index in [0.717, 1.165) is 6.61 Å². The van der Waals surface area contributed by atoms with Crippen LogP contribution < -0.4 is 0 Å². The average Bonchev–Trinajstić information content (AvgIpc) is 2.55. The van der Waals surface area contributed by atoms with Gasteiger partial charge in [0.05, 0.1) is 0 Å². The fourth-order valence-corrected chi connectivity index (χ4v) is 1.55. The monoisotopic (exact) mass is 272 g/mol. The van der Waals surface area contributed by atoms with Crippen molar-refractivity contribution in [3.8, 4) is 0 Å². The normalized spacial score (nSPS) is 11.2. The molecule has 3 nitrogen and oxygen atoms in total. The number of benzene rings is 2. The highest BCUT2D eigenvalue weighted by atomic mass is 16.5. The number of carbonyl (C=O) groups is 1. The molecule has 0 bridgehead atoms. The fourth-order valence-electron chi connectivity index (χ4n) is 1.55. The van der Waals surface area contributed by atoms with Crippen LogP contribution in [-0.2, 0) is 4.74 Å². The van der Waals surface area contributed by atoms with Crippen LogP contribution in [0.1, 0.15) is 28.9 Å². The number of aliphatic hydroxyl groups excluding tert-OH is 1. The molecule has 2 rings (SSSR count). The molecule has 3 heteroatoms. The Morgan fingerprint density at radius 2 is 1.50 bits per heavy atom. The first kappa shape index (κ1) is 16.1. The van der Waals surface area contributed by atoms with Crippen LogP contribution in [0.5, 0.6) is 0 Å². The quantitative estimate of drug-likeness (QED) is 0.869. The van der Waals surface area contributed by atoms with E-state index in [1.807, 2.05) is 19.1 Å². The summed E-state index contributed by atoms with van der Waals surface area (Å²) in [5, 5.41) is 9.89. The number of hydrogen-bond donors (Lipinski definition) is 1. The van der Waals surface area contributed by atoms with Gasteiger partial charge in [0, 0.05) is 19.3 Å². The van der Waals surface area contributed by atoms with Crippen LogP contribution in [0.15, 0.2) is 60.7 Å². The van der Waals surface area contributed by atoms with E-state index in [1.54, 1.807) is 55.6 Å². The molecule has 0 aliphatic heterocycles. The molecular weight excluding hydrogens is 252 g/mol. The minimum Gasteiger partial charge on any atom is -0.385 e. The molecule has 2 aromatic carbocycles. The Bertz CT molecular complexity index is 492. The van der Waals surface area contributed by atoms with Crippen LogP contribution >= 0.6 is 0 Å². The van der Waals surface area contributed by atoms with Crippen LogP contribution in [0.4, 0.5) is 0 Å². The van der Waals surface area contributed by atoms with Crippen LogP contribution in [0.25, 0.3) is 0 Å². The van der Waals surface area contributed by atoms with Crippen LogP contribution in [0, 0.1) is 0 Å². The van der Waals surface area contributed by atoms with Crippen molar-refractivity contribution < 1.29 is 14.6 Å². The second-order valence-electron chi connectivity index (χ2n) is 4.12. The van der Waals surface area contributed by atoms with E-state index in [0.29, 0.717) is 11.1 Å². The van der Waals surface area contributed by atoms with Gasteiger partial charge in [0.15, 0.2) is 5.78 Å². The number of ketones is 1. The van der Waals surface area contributed by atoms with Crippen molar-refractivity contribution in [1.29, 1.82) is 0 Å². The molecule has 0 saturated heterocycles. The summed E-state index contributed by atoms with van der Waals surface area (Å²) in [6, 6.07) is 17.7. The molecule has 1 unspecified atom stereocenters. The lowest BCUT2D eigenvalue weighted by Gasteiger charge is -2.09. The Morgan fingerprint density at radius 1 is 1.05 bits per heavy atom. The minimum atomic E-state index is -1.08. The van der Waals surface area contributed by atoms with E-state index in [2.05, 4.69) is 4.74 Å². The van der Waals surface area contributed by atoms with Gasteiger partial charge in [-0.25, -0.2) is 0 Å². The molecule has 0 heterocycles. The Kier molecular flexibility index (Phi) is 7.25. The van der Waals surface area contributed by atoms with Gasteiger partial charge in [0.25, 0.3) is 0 Å². The number of rotatable bonds is 4. The van der Waals surface area contributed by atoms with E-state index in [1.165, 1.54) is 0 Å². The molecule has 2 aromatic rings. The number of carbonyl (C=O) groups excluding carboxylic acids is 1. The standard InChI is InChI=1S/C14H12O2.C3H8O/c15-13(11-7-3-1-4-8-11)14(16)12-9-5-2-6-10-12;1-3-4-2/h1-10,13,15H;3H2,1-2H3. The molecule has 0 amide bonds. The van der Waals surface area contributed by atoms with E-state index in [9.17, 15) is 9.90 Å². The molecular formula is C17H20O3. The minimum absolute atomic E-state index is 0.271. The first-order valence-corrected chi connectivity index (χ1v) is 6.52. The lowest BCUT2D eigenvalue weighted by molar-refractivity contribution is 0.0747. The largest absolute Gasteiger partial charge is 0.385 e. The third-order valence-corrected chi connectivity index (χ3v) is 2.71. The van der Waals surface area contributed by atoms with Crippen LogP contribution in [-0.4, -0.2) is 24.6 Å². The van der Waals surface area contributed by atoms with Gasteiger partial charge in [-0.15, -0.1) is 0 Å². The zero-order valence-corrected chi connectivity index (χ0v) is 11.8. The highest BCUT2D eigenvalue weighted by Crippen LogP contribution is 2.17. The zero-order valence-electron chi connectivity index (χ0n) is 11.8. The maximum absolute atomic E-state index is 11.9. The van der Waals surface area contributed by atoms with E-state index >= 15 is 0 Å². The average molecular weight is 272 g/mol. The third-order valence-electron chi connectivity index (χ3n) is 2.71. The first-order chi connectivity index (χ1) is 9.70. The Balaban J connectivity index is 0.000000444. The van der Waals surface area contributed by atoms with Crippen molar-refractivity contribution in [2.45, 2.75) is 13.0 Å². The van der Waals surface area contributed by atoms with Gasteiger partial charge in [-0.3, -0.25) is 4.79 Å². The summed E-state index contributed by atoms with van der Waals surface area (Å²) < 4.78 is 4.54. The van der Waals surface area contributed by atoms with Gasteiger partial charge in [0.1, 0.15) is 6.10 Å². The summed E-state index contributed by atoms with van der Waals surface area (Å²) in [4.78, 5) is 11.9. The topological polar surface area (TPSA) is 46.5 Å². The zero-order chi connectivity index (χ0) is 14.8. The SMILES string of the molecule is CCOC.O=C(c1ccccc1)C(O)c1ccccc1. The van der Waals surface area contributed by atoms with Crippen molar-refractivity contribution in [2.24, 2.45) is 0 Å². The van der Waals surface area contributed by atoms with Gasteiger partial charge < -0.3 is 9.84 Å². The molecule has 0 radical (unpaired) electrons. The number of ether oxygens (including phenoxy) is 1. The first-order valence-electron chi connectivity index (χ1n) is 6.52. The molecule has 106 valence electrons. The van der Waals surface area contributed by atoms with Gasteiger partial charge in [-0.1, -0.05) is 60.7 Å². The molecule has 0 spiro atoms. The highest BCUT2D eigenvalue weighted by Gasteiger charge is 2.18. The fraction of sp³-hybridized carbons (Fsp3) is 0.235. The van der Waals surface area contributed by atoms with Crippen molar-refractivity contribution in [3.63, 3.8) is 0 Å². The van der Waals surface area contributed by atoms with E-state index in [4.69, 9.17) is 0 Å². The Hall–Kier alpha value is -1.97. The second kappa shape index (κ2) is 9.02. The summed E-state index contributed by atoms with van der Waals surface area (Å²) in [6.45, 7) is 2.78. The van der Waals surface area contributed by atoms with Crippen molar-refractivity contribution in [1.82, 2.24) is 0 Å². The smallest absolute Gasteiger partial charge is 0.195 e. The molecule has 0 aliphatic rings.